The summed E-state index contributed by atoms with van der Waals surface area (Å²) < 4.78 is 3.62. The Bertz CT molecular complexity index is 1500. The standard InChI is InChI=1S/C23H27N5O.C8H9N3/c1-18-4-6-21(7-5-18)28-23(25-17-29)15-22(26-28)20-9-13-27(14-10-20)16-19-3-2-11-24-12-8-19;1-2-7-6-10-11-5-3-4-9-8(7)11/h2,4-8,11-12,15,17,20H,3,9-10,13-14,16H2,1H3,(H,25,29);3-6H,2H2,1H3. The highest BCUT2D eigenvalue weighted by Gasteiger charge is 2.24. The average molecular weight is 537 g/mol. The molecule has 5 heterocycles. The number of aryl methyl sites for hydroxylation is 2. The zero-order valence-electron chi connectivity index (χ0n) is 23.1. The number of anilines is 1. The van der Waals surface area contributed by atoms with Gasteiger partial charge in [0.2, 0.25) is 6.41 Å². The Balaban J connectivity index is 0.000000244. The quantitative estimate of drug-likeness (QED) is 0.331. The van der Waals surface area contributed by atoms with Gasteiger partial charge in [0.05, 0.1) is 17.6 Å². The van der Waals surface area contributed by atoms with Crippen molar-refractivity contribution in [3.8, 4) is 5.69 Å². The maximum atomic E-state index is 11.1. The molecule has 9 nitrogen and oxygen atoms in total. The summed E-state index contributed by atoms with van der Waals surface area (Å²) in [5, 5.41) is 11.8. The van der Waals surface area contributed by atoms with Gasteiger partial charge in [-0.2, -0.15) is 10.2 Å². The van der Waals surface area contributed by atoms with Gasteiger partial charge in [0.15, 0.2) is 5.65 Å². The lowest BCUT2D eigenvalue weighted by Gasteiger charge is -2.31. The zero-order chi connectivity index (χ0) is 27.7. The molecule has 40 heavy (non-hydrogen) atoms. The van der Waals surface area contributed by atoms with Crippen molar-refractivity contribution in [3.63, 3.8) is 0 Å². The van der Waals surface area contributed by atoms with Crippen LogP contribution in [0.15, 0.2) is 83.9 Å². The summed E-state index contributed by atoms with van der Waals surface area (Å²) in [6, 6.07) is 12.1. The van der Waals surface area contributed by atoms with E-state index in [4.69, 9.17) is 5.10 Å². The van der Waals surface area contributed by atoms with E-state index in [2.05, 4.69) is 63.4 Å². The number of likely N-dealkylation sites (tertiary alicyclic amines) is 1. The molecule has 0 spiro atoms. The van der Waals surface area contributed by atoms with Gasteiger partial charge < -0.3 is 5.32 Å². The number of piperidine rings is 1. The van der Waals surface area contributed by atoms with Gasteiger partial charge in [0.1, 0.15) is 5.82 Å². The van der Waals surface area contributed by atoms with Gasteiger partial charge in [-0.3, -0.25) is 14.7 Å². The van der Waals surface area contributed by atoms with E-state index in [9.17, 15) is 4.79 Å². The number of nitrogens with one attached hydrogen (secondary N) is 1. The number of allylic oxidation sites excluding steroid dienone is 2. The summed E-state index contributed by atoms with van der Waals surface area (Å²) in [7, 11) is 0. The maximum absolute atomic E-state index is 11.1. The molecule has 4 aromatic rings. The molecule has 0 aliphatic carbocycles. The molecule has 3 aromatic heterocycles. The van der Waals surface area contributed by atoms with E-state index in [1.165, 1.54) is 16.7 Å². The van der Waals surface area contributed by atoms with Gasteiger partial charge >= 0.3 is 0 Å². The highest BCUT2D eigenvalue weighted by Crippen LogP contribution is 2.30. The molecule has 0 radical (unpaired) electrons. The average Bonchev–Trinajstić information content (AvgIpc) is 3.51. The number of hydrogen-bond acceptors (Lipinski definition) is 6. The molecule has 2 aliphatic rings. The minimum absolute atomic E-state index is 0.412. The third-order valence-corrected chi connectivity index (χ3v) is 7.35. The molecule has 206 valence electrons. The number of hydrogen-bond donors (Lipinski definition) is 1. The lowest BCUT2D eigenvalue weighted by atomic mass is 9.93. The SMILES string of the molecule is CCc1cnn2cccnc12.Cc1ccc(-n2nc(C3CCN(CC4=CC=NC=CC4)CC3)cc2NC=O)cc1. The van der Waals surface area contributed by atoms with E-state index < -0.39 is 0 Å². The van der Waals surface area contributed by atoms with Gasteiger partial charge in [0, 0.05) is 48.9 Å². The van der Waals surface area contributed by atoms with Crippen molar-refractivity contribution in [2.45, 2.75) is 45.4 Å². The molecule has 1 N–H and O–H groups in total. The zero-order valence-corrected chi connectivity index (χ0v) is 23.1. The third kappa shape index (κ3) is 6.60. The lowest BCUT2D eigenvalue weighted by molar-refractivity contribution is -0.105. The van der Waals surface area contributed by atoms with Crippen LogP contribution >= 0.6 is 0 Å². The fourth-order valence-electron chi connectivity index (χ4n) is 5.09. The van der Waals surface area contributed by atoms with E-state index in [0.717, 1.165) is 68.2 Å². The number of aliphatic imine (C=N–C) groups is 1. The molecule has 0 saturated carbocycles. The van der Waals surface area contributed by atoms with Crippen LogP contribution in [0.5, 0.6) is 0 Å². The van der Waals surface area contributed by atoms with E-state index in [-0.39, 0.29) is 0 Å². The number of benzene rings is 1. The second-order valence-electron chi connectivity index (χ2n) is 10.1. The van der Waals surface area contributed by atoms with Gasteiger partial charge in [-0.15, -0.1) is 0 Å². The summed E-state index contributed by atoms with van der Waals surface area (Å²) in [4.78, 5) is 22.0. The van der Waals surface area contributed by atoms with Crippen molar-refractivity contribution in [1.29, 1.82) is 0 Å². The fourth-order valence-corrected chi connectivity index (χ4v) is 5.09. The Hall–Kier alpha value is -4.37. The smallest absolute Gasteiger partial charge is 0.212 e. The van der Waals surface area contributed by atoms with Crippen molar-refractivity contribution < 1.29 is 4.79 Å². The van der Waals surface area contributed by atoms with Crippen LogP contribution in [0, 0.1) is 6.92 Å². The molecular weight excluding hydrogens is 500 g/mol. The Labute approximate surface area is 234 Å². The first-order valence-electron chi connectivity index (χ1n) is 13.9. The molecule has 1 fully saturated rings. The Morgan fingerprint density at radius 2 is 1.98 bits per heavy atom. The van der Waals surface area contributed by atoms with Gasteiger partial charge in [-0.05, 0) is 70.0 Å². The van der Waals surface area contributed by atoms with Gasteiger partial charge in [0.25, 0.3) is 0 Å². The highest BCUT2D eigenvalue weighted by molar-refractivity contribution is 5.73. The molecule has 0 unspecified atom stereocenters. The monoisotopic (exact) mass is 536 g/mol. The number of rotatable bonds is 7. The van der Waals surface area contributed by atoms with Crippen LogP contribution in [0.4, 0.5) is 5.82 Å². The third-order valence-electron chi connectivity index (χ3n) is 7.35. The fraction of sp³-hybridized carbons (Fsp3) is 0.323. The van der Waals surface area contributed by atoms with Gasteiger partial charge in [-0.25, -0.2) is 14.2 Å². The Morgan fingerprint density at radius 3 is 2.75 bits per heavy atom. The van der Waals surface area contributed by atoms with Crippen LogP contribution in [-0.4, -0.2) is 61.5 Å². The largest absolute Gasteiger partial charge is 0.313 e. The van der Waals surface area contributed by atoms with Crippen molar-refractivity contribution in [2.24, 2.45) is 4.99 Å². The van der Waals surface area contributed by atoms with Crippen LogP contribution in [0.3, 0.4) is 0 Å². The molecule has 9 heteroatoms. The molecule has 6 rings (SSSR count). The van der Waals surface area contributed by atoms with Crippen molar-refractivity contribution in [1.82, 2.24) is 29.3 Å². The number of carbonyl (C=O) groups excluding carboxylic acids is 1. The summed E-state index contributed by atoms with van der Waals surface area (Å²) in [6.07, 6.45) is 18.4. The summed E-state index contributed by atoms with van der Waals surface area (Å²) >= 11 is 0. The second-order valence-corrected chi connectivity index (χ2v) is 10.1. The van der Waals surface area contributed by atoms with Crippen LogP contribution in [0.1, 0.15) is 48.9 Å². The van der Waals surface area contributed by atoms with Crippen LogP contribution < -0.4 is 5.32 Å². The second kappa shape index (κ2) is 13.1. The highest BCUT2D eigenvalue weighted by atomic mass is 16.1. The van der Waals surface area contributed by atoms with E-state index in [0.29, 0.717) is 12.3 Å². The maximum Gasteiger partial charge on any atom is 0.212 e. The summed E-state index contributed by atoms with van der Waals surface area (Å²) in [5.74, 6) is 1.13. The Morgan fingerprint density at radius 1 is 1.15 bits per heavy atom. The number of fused-ring (bicyclic) bond motifs is 1. The van der Waals surface area contributed by atoms with Gasteiger partial charge in [-0.1, -0.05) is 36.3 Å². The molecular formula is C31H36N8O. The molecule has 0 atom stereocenters. The number of amides is 1. The molecule has 2 aliphatic heterocycles. The van der Waals surface area contributed by atoms with Crippen LogP contribution in [0.2, 0.25) is 0 Å². The predicted molar refractivity (Wildman–Crippen MR) is 159 cm³/mol. The summed E-state index contributed by atoms with van der Waals surface area (Å²) in [5.41, 5.74) is 6.78. The molecule has 0 bridgehead atoms. The molecule has 1 amide bonds. The van der Waals surface area contributed by atoms with Crippen LogP contribution in [-0.2, 0) is 11.2 Å². The summed E-state index contributed by atoms with van der Waals surface area (Å²) in [6.45, 7) is 7.27. The first kappa shape index (κ1) is 27.2. The topological polar surface area (TPSA) is 92.7 Å². The molecule has 1 saturated heterocycles. The van der Waals surface area contributed by atoms with E-state index >= 15 is 0 Å². The first-order chi connectivity index (χ1) is 19.6. The van der Waals surface area contributed by atoms with Crippen molar-refractivity contribution >= 4 is 24.1 Å². The first-order valence-corrected chi connectivity index (χ1v) is 13.9. The van der Waals surface area contributed by atoms with E-state index in [1.54, 1.807) is 10.7 Å². The van der Waals surface area contributed by atoms with Crippen molar-refractivity contribution in [2.75, 3.05) is 25.0 Å². The minimum Gasteiger partial charge on any atom is -0.313 e. The Kier molecular flexibility index (Phi) is 8.93. The normalized spacial score (nSPS) is 15.8. The lowest BCUT2D eigenvalue weighted by Crippen LogP contribution is -2.34. The predicted octanol–water partition coefficient (Wildman–Crippen LogP) is 5.13. The van der Waals surface area contributed by atoms with E-state index in [1.807, 2.05) is 53.8 Å². The number of aromatic nitrogens is 5. The number of carbonyl (C=O) groups is 1. The number of nitrogens with zero attached hydrogens (tertiary/aromatic N) is 7. The molecule has 1 aromatic carbocycles. The minimum atomic E-state index is 0.412. The van der Waals surface area contributed by atoms with Crippen molar-refractivity contribution in [3.05, 3.63) is 95.7 Å². The van der Waals surface area contributed by atoms with Crippen LogP contribution in [0.25, 0.3) is 11.3 Å².